The predicted octanol–water partition coefficient (Wildman–Crippen LogP) is 0.606. The summed E-state index contributed by atoms with van der Waals surface area (Å²) in [6.07, 6.45) is -0.819. The monoisotopic (exact) mass is 304 g/mol. The summed E-state index contributed by atoms with van der Waals surface area (Å²) in [7, 11) is 1.56. The van der Waals surface area contributed by atoms with Crippen molar-refractivity contribution in [2.24, 2.45) is 0 Å². The molecular formula is C12H12CrO6. The summed E-state index contributed by atoms with van der Waals surface area (Å²) in [5.74, 6) is 0.681. The molecule has 7 heteroatoms. The van der Waals surface area contributed by atoms with E-state index in [1.807, 2.05) is 0 Å². The molecular weight excluding hydrogens is 292 g/mol. The van der Waals surface area contributed by atoms with Crippen molar-refractivity contribution in [3.8, 4) is 5.75 Å². The van der Waals surface area contributed by atoms with E-state index in [4.69, 9.17) is 23.8 Å². The molecule has 0 aliphatic heterocycles. The van der Waals surface area contributed by atoms with Crippen LogP contribution < -0.4 is 4.74 Å². The number of ether oxygens (including phenoxy) is 1. The Bertz CT molecular complexity index is 346. The van der Waals surface area contributed by atoms with Gasteiger partial charge in [-0.1, -0.05) is 12.1 Å². The Hall–Kier alpha value is -1.31. The average Bonchev–Trinajstić information content (AvgIpc) is 2.52. The van der Waals surface area contributed by atoms with Crippen LogP contribution in [0.5, 0.6) is 5.75 Å². The van der Waals surface area contributed by atoms with Crippen LogP contribution in [0.4, 0.5) is 0 Å². The molecule has 0 unspecified atom stereocenters. The van der Waals surface area contributed by atoms with E-state index in [2.05, 4.69) is 20.0 Å². The van der Waals surface area contributed by atoms with Crippen molar-refractivity contribution in [3.05, 3.63) is 49.8 Å². The molecule has 1 aromatic rings. The van der Waals surface area contributed by atoms with Crippen LogP contribution in [0, 0.1) is 20.0 Å². The average molecular weight is 304 g/mol. The Morgan fingerprint density at radius 3 is 2.00 bits per heavy atom. The van der Waals surface area contributed by atoms with Crippen LogP contribution in [0.25, 0.3) is 0 Å². The number of aliphatic hydroxyl groups is 2. The largest absolute Gasteiger partial charge is 0 e. The van der Waals surface area contributed by atoms with Gasteiger partial charge in [0.15, 0.2) is 0 Å². The van der Waals surface area contributed by atoms with Crippen LogP contribution in [0.1, 0.15) is 11.7 Å². The fourth-order valence-electron chi connectivity index (χ4n) is 0.954. The minimum atomic E-state index is -0.819. The second-order valence-corrected chi connectivity index (χ2v) is 2.47. The minimum Gasteiger partial charge on any atom is 0 e. The first-order valence-electron chi connectivity index (χ1n) is 4.32. The van der Waals surface area contributed by atoms with Crippen molar-refractivity contribution in [1.29, 1.82) is 0 Å². The van der Waals surface area contributed by atoms with Crippen LogP contribution in [0.15, 0.2) is 24.3 Å². The minimum absolute atomic E-state index is 0. The zero-order valence-corrected chi connectivity index (χ0v) is 11.3. The smallest absolute Gasteiger partial charge is 0 e. The molecule has 1 atom stereocenters. The molecule has 19 heavy (non-hydrogen) atoms. The Kier molecular flexibility index (Phi) is 30.3. The molecule has 0 spiro atoms. The quantitative estimate of drug-likeness (QED) is 0.630. The second kappa shape index (κ2) is 21.9. The number of benzene rings is 1. The first kappa shape index (κ1) is 26.3. The first-order valence-corrected chi connectivity index (χ1v) is 4.32. The van der Waals surface area contributed by atoms with Crippen LogP contribution in [0.3, 0.4) is 0 Å². The van der Waals surface area contributed by atoms with Gasteiger partial charge in [-0.3, -0.25) is 0 Å². The molecule has 6 nitrogen and oxygen atoms in total. The van der Waals surface area contributed by atoms with Gasteiger partial charge in [-0.2, -0.15) is 0 Å². The number of hydrogen-bond acceptors (Lipinski definition) is 3. The zero-order valence-electron chi connectivity index (χ0n) is 10.0. The third-order valence-corrected chi connectivity index (χ3v) is 1.65. The van der Waals surface area contributed by atoms with Gasteiger partial charge in [0.05, 0.1) is 13.7 Å². The number of rotatable bonds is 3. The summed E-state index contributed by atoms with van der Waals surface area (Å²) in [6, 6.07) is 6.99. The molecule has 0 heterocycles. The molecule has 1 aromatic carbocycles. The van der Waals surface area contributed by atoms with E-state index in [-0.39, 0.29) is 24.0 Å². The molecule has 102 valence electrons. The van der Waals surface area contributed by atoms with Gasteiger partial charge in [-0.05, 0) is 17.7 Å². The molecule has 0 bridgehead atoms. The molecule has 0 saturated carbocycles. The molecule has 0 aliphatic rings. The predicted molar refractivity (Wildman–Crippen MR) is 56.8 cm³/mol. The first-order chi connectivity index (χ1) is 8.77. The van der Waals surface area contributed by atoms with E-state index in [9.17, 15) is 5.11 Å². The number of methoxy groups -OCH3 is 1. The molecule has 0 radical (unpaired) electrons. The third-order valence-electron chi connectivity index (χ3n) is 1.65. The molecule has 1 rings (SSSR count). The summed E-state index contributed by atoms with van der Waals surface area (Å²) in [5, 5.41) is 17.9. The summed E-state index contributed by atoms with van der Waals surface area (Å²) in [6.45, 7) is 13.2. The van der Waals surface area contributed by atoms with Crippen LogP contribution in [0.2, 0.25) is 0 Å². The van der Waals surface area contributed by atoms with E-state index in [1.54, 1.807) is 31.4 Å². The summed E-state index contributed by atoms with van der Waals surface area (Å²) in [4.78, 5) is 0. The standard InChI is InChI=1S/C9H12O3.3CO.Cr/c1-12-8-4-2-3-7(5-8)9(11)6-10;3*1-2;/h2-5,9-11H,6H2,1H3;;;;/t9-;;;;/m1..../s1. The van der Waals surface area contributed by atoms with Gasteiger partial charge in [-0.25, -0.2) is 0 Å². The summed E-state index contributed by atoms with van der Waals surface area (Å²) < 4.78 is 27.5. The fraction of sp³-hybridized carbons (Fsp3) is 0.250. The maximum Gasteiger partial charge on any atom is 0 e. The van der Waals surface area contributed by atoms with E-state index in [0.717, 1.165) is 0 Å². The Morgan fingerprint density at radius 2 is 1.63 bits per heavy atom. The van der Waals surface area contributed by atoms with Crippen molar-refractivity contribution in [3.63, 3.8) is 0 Å². The normalized spacial score (nSPS) is 8.26. The topological polar surface area (TPSA) is 109 Å². The van der Waals surface area contributed by atoms with Gasteiger partial charge in [0.25, 0.3) is 0 Å². The van der Waals surface area contributed by atoms with Gasteiger partial charge in [0.2, 0.25) is 0 Å². The number of hydrogen-bond donors (Lipinski definition) is 2. The Balaban J connectivity index is -0.000000142. The Labute approximate surface area is 122 Å². The molecule has 0 aromatic heterocycles. The summed E-state index contributed by atoms with van der Waals surface area (Å²) in [5.41, 5.74) is 0.664. The van der Waals surface area contributed by atoms with E-state index >= 15 is 0 Å². The van der Waals surface area contributed by atoms with E-state index < -0.39 is 6.10 Å². The second-order valence-electron chi connectivity index (χ2n) is 2.47. The molecule has 0 amide bonds. The van der Waals surface area contributed by atoms with E-state index in [1.165, 1.54) is 0 Å². The van der Waals surface area contributed by atoms with Crippen molar-refractivity contribution in [2.45, 2.75) is 6.10 Å². The van der Waals surface area contributed by atoms with Crippen molar-refractivity contribution in [1.82, 2.24) is 0 Å². The SMILES string of the molecule is COc1cccc([C@H](O)CO)c1.[C-]#[O+].[C-]#[O+].[C-]#[O+].[Cr]. The Morgan fingerprint density at radius 1 is 1.16 bits per heavy atom. The van der Waals surface area contributed by atoms with Crippen molar-refractivity contribution in [2.75, 3.05) is 13.7 Å². The molecule has 0 fully saturated rings. The van der Waals surface area contributed by atoms with Gasteiger partial charge in [0.1, 0.15) is 11.9 Å². The van der Waals surface area contributed by atoms with Gasteiger partial charge in [-0.15, -0.1) is 0 Å². The van der Waals surface area contributed by atoms with Gasteiger partial charge < -0.3 is 14.9 Å². The van der Waals surface area contributed by atoms with Gasteiger partial charge in [0, 0.05) is 17.4 Å². The molecule has 2 N–H and O–H groups in total. The molecule has 0 aliphatic carbocycles. The fourth-order valence-corrected chi connectivity index (χ4v) is 0.954. The summed E-state index contributed by atoms with van der Waals surface area (Å²) >= 11 is 0. The third kappa shape index (κ3) is 12.9. The zero-order chi connectivity index (χ0) is 15.0. The molecule has 0 saturated heterocycles. The van der Waals surface area contributed by atoms with Crippen LogP contribution in [-0.2, 0) is 31.3 Å². The van der Waals surface area contributed by atoms with Crippen molar-refractivity contribution >= 4 is 0 Å². The maximum absolute atomic E-state index is 9.24. The van der Waals surface area contributed by atoms with Crippen molar-refractivity contribution < 1.29 is 46.3 Å². The van der Waals surface area contributed by atoms with Crippen LogP contribution in [-0.4, -0.2) is 23.9 Å². The maximum atomic E-state index is 9.24. The van der Waals surface area contributed by atoms with Crippen LogP contribution >= 0.6 is 0 Å². The van der Waals surface area contributed by atoms with E-state index in [0.29, 0.717) is 11.3 Å². The van der Waals surface area contributed by atoms with Gasteiger partial charge >= 0.3 is 33.9 Å². The number of aliphatic hydroxyl groups excluding tert-OH is 2.